The normalized spacial score (nSPS) is 22.6. The number of nitrogens with zero attached hydrogens (tertiary/aromatic N) is 3. The zero-order valence-corrected chi connectivity index (χ0v) is 12.3. The molecule has 2 heterocycles. The van der Waals surface area contributed by atoms with E-state index in [0.29, 0.717) is 12.1 Å². The van der Waals surface area contributed by atoms with Crippen molar-refractivity contribution in [2.45, 2.75) is 31.9 Å². The molecule has 0 aliphatic carbocycles. The van der Waals surface area contributed by atoms with E-state index >= 15 is 0 Å². The Kier molecular flexibility index (Phi) is 5.36. The number of hydrogen-bond donors (Lipinski definition) is 1. The fourth-order valence-electron chi connectivity index (χ4n) is 2.70. The van der Waals surface area contributed by atoms with Crippen LogP contribution in [0.4, 0.5) is 0 Å². The van der Waals surface area contributed by atoms with Gasteiger partial charge in [-0.15, -0.1) is 0 Å². The van der Waals surface area contributed by atoms with E-state index in [4.69, 9.17) is 4.74 Å². The lowest BCUT2D eigenvalue weighted by Crippen LogP contribution is -2.51. The molecule has 0 aromatic carbocycles. The Hall–Kier alpha value is -0.910. The molecule has 0 bridgehead atoms. The zero-order chi connectivity index (χ0) is 13.7. The van der Waals surface area contributed by atoms with E-state index in [1.165, 1.54) is 0 Å². The third-order valence-corrected chi connectivity index (χ3v) is 4.04. The highest BCUT2D eigenvalue weighted by molar-refractivity contribution is 4.93. The molecule has 1 aromatic rings. The van der Waals surface area contributed by atoms with Gasteiger partial charge in [-0.25, -0.2) is 4.98 Å². The molecule has 0 radical (unpaired) electrons. The molecule has 2 rings (SSSR count). The summed E-state index contributed by atoms with van der Waals surface area (Å²) in [5, 5.41) is 3.41. The molecule has 108 valence electrons. The number of hydrogen-bond acceptors (Lipinski definition) is 4. The van der Waals surface area contributed by atoms with Gasteiger partial charge in [0, 0.05) is 45.0 Å². The smallest absolute Gasteiger partial charge is 0.108 e. The number of morpholine rings is 1. The van der Waals surface area contributed by atoms with E-state index in [9.17, 15) is 0 Å². The van der Waals surface area contributed by atoms with Crippen LogP contribution in [0, 0.1) is 0 Å². The standard InChI is InChI=1S/C14H26N4O/c1-4-18-9-10-19-13(11-18)12(15-2)5-6-14-16-7-8-17(14)3/h7-8,12-13,15H,4-6,9-11H2,1-3H3. The lowest BCUT2D eigenvalue weighted by molar-refractivity contribution is -0.0450. The Morgan fingerprint density at radius 2 is 2.42 bits per heavy atom. The first-order chi connectivity index (χ1) is 9.24. The minimum absolute atomic E-state index is 0.291. The summed E-state index contributed by atoms with van der Waals surface area (Å²) in [6.07, 6.45) is 6.20. The van der Waals surface area contributed by atoms with Crippen LogP contribution in [0.1, 0.15) is 19.2 Å². The Morgan fingerprint density at radius 3 is 3.05 bits per heavy atom. The van der Waals surface area contributed by atoms with Gasteiger partial charge in [0.15, 0.2) is 0 Å². The number of ether oxygens (including phenoxy) is 1. The van der Waals surface area contributed by atoms with Crippen molar-refractivity contribution >= 4 is 0 Å². The molecule has 1 aliphatic heterocycles. The van der Waals surface area contributed by atoms with Crippen LogP contribution in [0.15, 0.2) is 12.4 Å². The van der Waals surface area contributed by atoms with Gasteiger partial charge in [0.25, 0.3) is 0 Å². The molecule has 1 fully saturated rings. The highest BCUT2D eigenvalue weighted by Gasteiger charge is 2.26. The lowest BCUT2D eigenvalue weighted by atomic mass is 10.0. The monoisotopic (exact) mass is 266 g/mol. The van der Waals surface area contributed by atoms with Crippen molar-refractivity contribution in [1.82, 2.24) is 19.8 Å². The van der Waals surface area contributed by atoms with Gasteiger partial charge in [0.1, 0.15) is 5.82 Å². The van der Waals surface area contributed by atoms with Gasteiger partial charge in [-0.3, -0.25) is 4.90 Å². The van der Waals surface area contributed by atoms with Crippen molar-refractivity contribution in [3.8, 4) is 0 Å². The third kappa shape index (κ3) is 3.78. The van der Waals surface area contributed by atoms with Crippen molar-refractivity contribution in [3.63, 3.8) is 0 Å². The zero-order valence-electron chi connectivity index (χ0n) is 12.3. The van der Waals surface area contributed by atoms with Gasteiger partial charge in [-0.2, -0.15) is 0 Å². The maximum atomic E-state index is 5.93. The van der Waals surface area contributed by atoms with Gasteiger partial charge < -0.3 is 14.6 Å². The van der Waals surface area contributed by atoms with Crippen LogP contribution in [-0.2, 0) is 18.2 Å². The topological polar surface area (TPSA) is 42.3 Å². The van der Waals surface area contributed by atoms with Crippen molar-refractivity contribution < 1.29 is 4.74 Å². The first kappa shape index (κ1) is 14.5. The molecule has 5 heteroatoms. The second kappa shape index (κ2) is 7.03. The second-order valence-electron chi connectivity index (χ2n) is 5.19. The summed E-state index contributed by atoms with van der Waals surface area (Å²) in [7, 11) is 4.07. The Balaban J connectivity index is 1.87. The van der Waals surface area contributed by atoms with E-state index in [2.05, 4.69) is 26.7 Å². The molecule has 5 nitrogen and oxygen atoms in total. The number of imidazole rings is 1. The van der Waals surface area contributed by atoms with Gasteiger partial charge >= 0.3 is 0 Å². The molecule has 0 amide bonds. The maximum absolute atomic E-state index is 5.93. The van der Waals surface area contributed by atoms with Crippen molar-refractivity contribution in [3.05, 3.63) is 18.2 Å². The third-order valence-electron chi connectivity index (χ3n) is 4.04. The summed E-state index contributed by atoms with van der Waals surface area (Å²) in [6, 6.07) is 0.394. The average Bonchev–Trinajstić information content (AvgIpc) is 2.85. The van der Waals surface area contributed by atoms with Crippen LogP contribution in [-0.4, -0.2) is 59.9 Å². The van der Waals surface area contributed by atoms with Crippen LogP contribution in [0.2, 0.25) is 0 Å². The molecule has 2 atom stereocenters. The first-order valence-corrected chi connectivity index (χ1v) is 7.22. The largest absolute Gasteiger partial charge is 0.374 e. The predicted octanol–water partition coefficient (Wildman–Crippen LogP) is 0.661. The minimum atomic E-state index is 0.291. The van der Waals surface area contributed by atoms with E-state index in [1.807, 2.05) is 26.5 Å². The molecule has 0 saturated carbocycles. The van der Waals surface area contributed by atoms with Crippen molar-refractivity contribution in [1.29, 1.82) is 0 Å². The summed E-state index contributed by atoms with van der Waals surface area (Å²) < 4.78 is 8.02. The molecule has 1 N–H and O–H groups in total. The first-order valence-electron chi connectivity index (χ1n) is 7.22. The van der Waals surface area contributed by atoms with Crippen LogP contribution >= 0.6 is 0 Å². The van der Waals surface area contributed by atoms with Crippen LogP contribution in [0.5, 0.6) is 0 Å². The molecule has 1 saturated heterocycles. The van der Waals surface area contributed by atoms with E-state index in [-0.39, 0.29) is 0 Å². The Bertz CT molecular complexity index is 379. The number of aromatic nitrogens is 2. The van der Waals surface area contributed by atoms with Gasteiger partial charge in [0.05, 0.1) is 12.7 Å². The van der Waals surface area contributed by atoms with Gasteiger partial charge in [-0.05, 0) is 20.0 Å². The van der Waals surface area contributed by atoms with Crippen LogP contribution in [0.3, 0.4) is 0 Å². The highest BCUT2D eigenvalue weighted by Crippen LogP contribution is 2.13. The molecule has 0 spiro atoms. The summed E-state index contributed by atoms with van der Waals surface area (Å²) in [6.45, 7) is 6.25. The van der Waals surface area contributed by atoms with Crippen molar-refractivity contribution in [2.24, 2.45) is 7.05 Å². The minimum Gasteiger partial charge on any atom is -0.374 e. The Morgan fingerprint density at radius 1 is 1.58 bits per heavy atom. The number of likely N-dealkylation sites (N-methyl/N-ethyl adjacent to an activating group) is 2. The SMILES string of the molecule is CCN1CCOC(C(CCc2nccn2C)NC)C1. The molecule has 1 aromatic heterocycles. The highest BCUT2D eigenvalue weighted by atomic mass is 16.5. The average molecular weight is 266 g/mol. The van der Waals surface area contributed by atoms with E-state index in [1.54, 1.807) is 0 Å². The summed E-state index contributed by atoms with van der Waals surface area (Å²) in [5.41, 5.74) is 0. The van der Waals surface area contributed by atoms with E-state index < -0.39 is 0 Å². The van der Waals surface area contributed by atoms with Crippen LogP contribution in [0.25, 0.3) is 0 Å². The Labute approximate surface area is 116 Å². The lowest BCUT2D eigenvalue weighted by Gasteiger charge is -2.36. The number of rotatable bonds is 6. The molecule has 19 heavy (non-hydrogen) atoms. The number of aryl methyl sites for hydroxylation is 2. The predicted molar refractivity (Wildman–Crippen MR) is 76.2 cm³/mol. The second-order valence-corrected chi connectivity index (χ2v) is 5.19. The van der Waals surface area contributed by atoms with Crippen molar-refractivity contribution in [2.75, 3.05) is 33.3 Å². The van der Waals surface area contributed by atoms with Gasteiger partial charge in [0.2, 0.25) is 0 Å². The summed E-state index contributed by atoms with van der Waals surface area (Å²) in [5.74, 6) is 1.14. The molecular weight excluding hydrogens is 240 g/mol. The summed E-state index contributed by atoms with van der Waals surface area (Å²) in [4.78, 5) is 6.84. The quantitative estimate of drug-likeness (QED) is 0.821. The van der Waals surface area contributed by atoms with E-state index in [0.717, 1.165) is 44.9 Å². The molecular formula is C14H26N4O. The fraction of sp³-hybridized carbons (Fsp3) is 0.786. The molecule has 2 unspecified atom stereocenters. The summed E-state index contributed by atoms with van der Waals surface area (Å²) >= 11 is 0. The van der Waals surface area contributed by atoms with Gasteiger partial charge in [-0.1, -0.05) is 6.92 Å². The maximum Gasteiger partial charge on any atom is 0.108 e. The van der Waals surface area contributed by atoms with Crippen LogP contribution < -0.4 is 5.32 Å². The number of nitrogens with one attached hydrogen (secondary N) is 1. The fourth-order valence-corrected chi connectivity index (χ4v) is 2.70. The molecule has 1 aliphatic rings.